The highest BCUT2D eigenvalue weighted by Crippen LogP contribution is 2.31. The van der Waals surface area contributed by atoms with Crippen LogP contribution >= 0.6 is 0 Å². The Balaban J connectivity index is 1.44. The molecule has 1 aliphatic heterocycles. The van der Waals surface area contributed by atoms with Crippen molar-refractivity contribution in [3.8, 4) is 5.69 Å². The molecule has 0 saturated carbocycles. The summed E-state index contributed by atoms with van der Waals surface area (Å²) >= 11 is 0. The Morgan fingerprint density at radius 1 is 0.972 bits per heavy atom. The third-order valence-corrected chi connectivity index (χ3v) is 6.28. The van der Waals surface area contributed by atoms with Gasteiger partial charge in [-0.3, -0.25) is 14.4 Å². The second kappa shape index (κ2) is 9.96. The van der Waals surface area contributed by atoms with Crippen LogP contribution in [0.4, 0.5) is 13.2 Å². The lowest BCUT2D eigenvalue weighted by Gasteiger charge is -2.32. The fourth-order valence-electron chi connectivity index (χ4n) is 4.37. The summed E-state index contributed by atoms with van der Waals surface area (Å²) in [5.41, 5.74) is 0.487. The van der Waals surface area contributed by atoms with E-state index in [2.05, 4.69) is 10.4 Å². The zero-order chi connectivity index (χ0) is 26.0. The SMILES string of the molecule is Cc1nn(-c2cccc(C(F)(F)F)c2)c(C)c1C(=O)C(=O)N1CCC(NC(=O)c2ccccc2)CC1. The first-order chi connectivity index (χ1) is 17.1. The van der Waals surface area contributed by atoms with Crippen molar-refractivity contribution in [3.05, 3.63) is 82.7 Å². The third kappa shape index (κ3) is 5.17. The number of benzene rings is 2. The van der Waals surface area contributed by atoms with Gasteiger partial charge in [0.05, 0.1) is 28.2 Å². The van der Waals surface area contributed by atoms with Crippen LogP contribution in [0.1, 0.15) is 50.5 Å². The molecule has 1 aliphatic rings. The van der Waals surface area contributed by atoms with Crippen molar-refractivity contribution < 1.29 is 27.6 Å². The molecular formula is C26H25F3N4O3. The molecule has 0 spiro atoms. The number of aryl methyl sites for hydroxylation is 1. The molecule has 2 amide bonds. The zero-order valence-corrected chi connectivity index (χ0v) is 19.8. The Kier molecular flexibility index (Phi) is 6.96. The van der Waals surface area contributed by atoms with Crippen LogP contribution in [0.3, 0.4) is 0 Å². The molecule has 0 radical (unpaired) electrons. The van der Waals surface area contributed by atoms with Gasteiger partial charge in [-0.2, -0.15) is 18.3 Å². The minimum atomic E-state index is -4.52. The van der Waals surface area contributed by atoms with Crippen LogP contribution in [0, 0.1) is 13.8 Å². The maximum atomic E-state index is 13.1. The fourth-order valence-corrected chi connectivity index (χ4v) is 4.37. The first-order valence-corrected chi connectivity index (χ1v) is 11.5. The molecule has 2 aromatic carbocycles. The summed E-state index contributed by atoms with van der Waals surface area (Å²) in [5, 5.41) is 7.19. The smallest absolute Gasteiger partial charge is 0.349 e. The quantitative estimate of drug-likeness (QED) is 0.424. The van der Waals surface area contributed by atoms with E-state index in [1.165, 1.54) is 21.7 Å². The van der Waals surface area contributed by atoms with Gasteiger partial charge < -0.3 is 10.2 Å². The Morgan fingerprint density at radius 2 is 1.64 bits per heavy atom. The molecule has 1 N–H and O–H groups in total. The van der Waals surface area contributed by atoms with Gasteiger partial charge in [0.15, 0.2) is 0 Å². The Hall–Kier alpha value is -3.95. The fraction of sp³-hybridized carbons (Fsp3) is 0.308. The highest BCUT2D eigenvalue weighted by atomic mass is 19.4. The number of carbonyl (C=O) groups is 3. The Labute approximate surface area is 205 Å². The number of halogens is 3. The monoisotopic (exact) mass is 498 g/mol. The number of amides is 2. The lowest BCUT2D eigenvalue weighted by atomic mass is 10.0. The highest BCUT2D eigenvalue weighted by molar-refractivity contribution is 6.43. The second-order valence-electron chi connectivity index (χ2n) is 8.74. The molecule has 0 atom stereocenters. The van der Waals surface area contributed by atoms with E-state index in [9.17, 15) is 27.6 Å². The largest absolute Gasteiger partial charge is 0.416 e. The van der Waals surface area contributed by atoms with E-state index in [4.69, 9.17) is 0 Å². The van der Waals surface area contributed by atoms with Crippen molar-refractivity contribution in [1.29, 1.82) is 0 Å². The summed E-state index contributed by atoms with van der Waals surface area (Å²) in [7, 11) is 0. The van der Waals surface area contributed by atoms with E-state index in [1.807, 2.05) is 6.07 Å². The van der Waals surface area contributed by atoms with Crippen molar-refractivity contribution in [1.82, 2.24) is 20.0 Å². The number of nitrogens with one attached hydrogen (secondary N) is 1. The lowest BCUT2D eigenvalue weighted by Crippen LogP contribution is -2.48. The van der Waals surface area contributed by atoms with Gasteiger partial charge in [0.2, 0.25) is 0 Å². The van der Waals surface area contributed by atoms with E-state index in [-0.39, 0.29) is 34.6 Å². The van der Waals surface area contributed by atoms with Crippen LogP contribution in [0.25, 0.3) is 5.69 Å². The number of ketones is 1. The van der Waals surface area contributed by atoms with Crippen molar-refractivity contribution in [2.45, 2.75) is 38.9 Å². The number of hydrogen-bond donors (Lipinski definition) is 1. The number of carbonyl (C=O) groups excluding carboxylic acids is 3. The number of nitrogens with zero attached hydrogens (tertiary/aromatic N) is 3. The number of piperidine rings is 1. The maximum absolute atomic E-state index is 13.1. The van der Waals surface area contributed by atoms with Gasteiger partial charge in [-0.1, -0.05) is 24.3 Å². The van der Waals surface area contributed by atoms with Gasteiger partial charge in [-0.25, -0.2) is 4.68 Å². The second-order valence-corrected chi connectivity index (χ2v) is 8.74. The molecule has 1 aromatic heterocycles. The number of hydrogen-bond acceptors (Lipinski definition) is 4. The number of alkyl halides is 3. The average Bonchev–Trinajstić information content (AvgIpc) is 3.17. The summed E-state index contributed by atoms with van der Waals surface area (Å²) in [5.74, 6) is -1.64. The van der Waals surface area contributed by atoms with Crippen molar-refractivity contribution in [2.75, 3.05) is 13.1 Å². The van der Waals surface area contributed by atoms with E-state index in [1.54, 1.807) is 38.1 Å². The summed E-state index contributed by atoms with van der Waals surface area (Å²) in [6, 6.07) is 13.3. The van der Waals surface area contributed by atoms with Gasteiger partial charge in [0.1, 0.15) is 0 Å². The molecule has 4 rings (SSSR count). The molecule has 1 fully saturated rings. The highest BCUT2D eigenvalue weighted by Gasteiger charge is 2.33. The van der Waals surface area contributed by atoms with Crippen molar-refractivity contribution in [3.63, 3.8) is 0 Å². The van der Waals surface area contributed by atoms with Crippen LogP contribution in [-0.4, -0.2) is 51.4 Å². The molecule has 0 unspecified atom stereocenters. The van der Waals surface area contributed by atoms with Crippen molar-refractivity contribution >= 4 is 17.6 Å². The van der Waals surface area contributed by atoms with Gasteiger partial charge in [-0.15, -0.1) is 0 Å². The minimum absolute atomic E-state index is 0.0805. The first kappa shape index (κ1) is 25.2. The van der Waals surface area contributed by atoms with Crippen LogP contribution in [0.5, 0.6) is 0 Å². The topological polar surface area (TPSA) is 84.3 Å². The standard InChI is InChI=1S/C26H25F3N4O3/c1-16-22(17(2)33(31-16)21-10-6-9-19(15-21)26(27,28)29)23(34)25(36)32-13-11-20(12-14-32)30-24(35)18-7-4-3-5-8-18/h3-10,15,20H,11-14H2,1-2H3,(H,30,35). The molecule has 0 bridgehead atoms. The molecular weight excluding hydrogens is 473 g/mol. The predicted molar refractivity (Wildman–Crippen MR) is 126 cm³/mol. The molecule has 1 saturated heterocycles. The van der Waals surface area contributed by atoms with Crippen LogP contribution in [0.2, 0.25) is 0 Å². The Morgan fingerprint density at radius 3 is 2.28 bits per heavy atom. The predicted octanol–water partition coefficient (Wildman–Crippen LogP) is 4.11. The molecule has 188 valence electrons. The van der Waals surface area contributed by atoms with E-state index < -0.39 is 23.4 Å². The van der Waals surface area contributed by atoms with Gasteiger partial charge in [0.25, 0.3) is 17.6 Å². The Bertz CT molecular complexity index is 1290. The van der Waals surface area contributed by atoms with Crippen LogP contribution < -0.4 is 5.32 Å². The maximum Gasteiger partial charge on any atom is 0.416 e. The van der Waals surface area contributed by atoms with Gasteiger partial charge >= 0.3 is 6.18 Å². The molecule has 3 aromatic rings. The van der Waals surface area contributed by atoms with E-state index in [0.29, 0.717) is 31.5 Å². The molecule has 2 heterocycles. The number of rotatable bonds is 5. The van der Waals surface area contributed by atoms with Crippen molar-refractivity contribution in [2.24, 2.45) is 0 Å². The zero-order valence-electron chi connectivity index (χ0n) is 19.8. The summed E-state index contributed by atoms with van der Waals surface area (Å²) in [6.07, 6.45) is -3.52. The number of likely N-dealkylation sites (tertiary alicyclic amines) is 1. The summed E-state index contributed by atoms with van der Waals surface area (Å²) < 4.78 is 40.7. The minimum Gasteiger partial charge on any atom is -0.349 e. The van der Waals surface area contributed by atoms with Crippen LogP contribution in [-0.2, 0) is 11.0 Å². The molecule has 36 heavy (non-hydrogen) atoms. The summed E-state index contributed by atoms with van der Waals surface area (Å²) in [4.78, 5) is 39.9. The average molecular weight is 499 g/mol. The van der Waals surface area contributed by atoms with E-state index in [0.717, 1.165) is 12.1 Å². The normalized spacial score (nSPS) is 14.5. The molecule has 7 nitrogen and oxygen atoms in total. The van der Waals surface area contributed by atoms with Gasteiger partial charge in [0, 0.05) is 24.7 Å². The molecule has 0 aliphatic carbocycles. The lowest BCUT2D eigenvalue weighted by molar-refractivity contribution is -0.137. The summed E-state index contributed by atoms with van der Waals surface area (Å²) in [6.45, 7) is 3.68. The number of aromatic nitrogens is 2. The molecule has 10 heteroatoms. The first-order valence-electron chi connectivity index (χ1n) is 11.5. The van der Waals surface area contributed by atoms with E-state index >= 15 is 0 Å². The third-order valence-electron chi connectivity index (χ3n) is 6.28. The number of Topliss-reactive ketones (excluding diaryl/α,β-unsaturated/α-hetero) is 1. The van der Waals surface area contributed by atoms with Crippen LogP contribution in [0.15, 0.2) is 54.6 Å². The van der Waals surface area contributed by atoms with Gasteiger partial charge in [-0.05, 0) is 57.0 Å².